The molecule has 2 aliphatic rings. The maximum absolute atomic E-state index is 6.83. The number of pyridine rings is 1. The fourth-order valence-electron chi connectivity index (χ4n) is 9.02. The zero-order chi connectivity index (χ0) is 38.6. The molecule has 0 saturated carbocycles. The predicted octanol–water partition coefficient (Wildman–Crippen LogP) is 13.9. The van der Waals surface area contributed by atoms with E-state index in [2.05, 4.69) is 205 Å². The molecule has 10 rings (SSSR count). The van der Waals surface area contributed by atoms with Crippen LogP contribution in [0, 0.1) is 13.6 Å². The molecule has 1 saturated heterocycles. The Kier molecular flexibility index (Phi) is 7.38. The highest BCUT2D eigenvalue weighted by molar-refractivity contribution is 6.10. The average molecular weight is 732 g/mol. The number of nitrogens with zero attached hydrogens (tertiary/aromatic N) is 4. The summed E-state index contributed by atoms with van der Waals surface area (Å²) in [5, 5.41) is 2.38. The minimum absolute atomic E-state index is 0.00611. The molecule has 276 valence electrons. The van der Waals surface area contributed by atoms with Gasteiger partial charge < -0.3 is 4.74 Å². The van der Waals surface area contributed by atoms with E-state index >= 15 is 0 Å². The molecule has 2 aliphatic heterocycles. The van der Waals surface area contributed by atoms with Crippen molar-refractivity contribution in [2.24, 2.45) is 0 Å². The van der Waals surface area contributed by atoms with Gasteiger partial charge >= 0.3 is 0 Å². The van der Waals surface area contributed by atoms with Crippen LogP contribution >= 0.6 is 0 Å². The second-order valence-electron chi connectivity index (χ2n) is 17.6. The lowest BCUT2D eigenvalue weighted by molar-refractivity contribution is 0.424. The number of hydrogen-bond donors (Lipinski definition) is 0. The number of aromatic nitrogens is 2. The number of quaternary nitrogens is 2. The number of fused-ring (bicyclic) bond motifs is 7. The van der Waals surface area contributed by atoms with Crippen LogP contribution in [0.25, 0.3) is 38.8 Å². The molecule has 2 aromatic heterocycles. The van der Waals surface area contributed by atoms with E-state index in [4.69, 9.17) is 9.72 Å². The largest absolute Gasteiger partial charge is 0.457 e. The van der Waals surface area contributed by atoms with Crippen molar-refractivity contribution in [3.63, 3.8) is 0 Å². The van der Waals surface area contributed by atoms with Crippen molar-refractivity contribution >= 4 is 44.6 Å². The number of ether oxygens (including phenoxy) is 1. The Labute approximate surface area is 329 Å². The second kappa shape index (κ2) is 12.0. The Morgan fingerprint density at radius 3 is 1.93 bits per heavy atom. The summed E-state index contributed by atoms with van der Waals surface area (Å²) in [5.41, 5.74) is 13.6. The number of rotatable bonds is 6. The summed E-state index contributed by atoms with van der Waals surface area (Å²) in [5.74, 6) is 2.49. The van der Waals surface area contributed by atoms with Crippen molar-refractivity contribution in [3.8, 4) is 28.4 Å². The predicted molar refractivity (Wildman–Crippen MR) is 233 cm³/mol. The van der Waals surface area contributed by atoms with Crippen molar-refractivity contribution in [2.75, 3.05) is 0 Å². The van der Waals surface area contributed by atoms with Crippen molar-refractivity contribution < 1.29 is 4.74 Å². The maximum atomic E-state index is 6.83. The van der Waals surface area contributed by atoms with Gasteiger partial charge in [0.15, 0.2) is 18.0 Å². The van der Waals surface area contributed by atoms with Gasteiger partial charge in [0.2, 0.25) is 11.4 Å². The molecule has 0 radical (unpaired) electrons. The van der Waals surface area contributed by atoms with Gasteiger partial charge in [-0.05, 0) is 76.4 Å². The summed E-state index contributed by atoms with van der Waals surface area (Å²) in [7, 11) is 0. The molecule has 5 nitrogen and oxygen atoms in total. The third kappa shape index (κ3) is 4.97. The van der Waals surface area contributed by atoms with E-state index in [1.807, 2.05) is 6.20 Å². The molecule has 5 heteroatoms. The van der Waals surface area contributed by atoms with Crippen LogP contribution in [0.15, 0.2) is 152 Å². The summed E-state index contributed by atoms with van der Waals surface area (Å²) in [6.07, 6.45) is 1.94. The molecule has 2 atom stereocenters. The zero-order valence-electron chi connectivity index (χ0n) is 33.2. The van der Waals surface area contributed by atoms with Gasteiger partial charge in [-0.2, -0.15) is 9.18 Å². The molecule has 1 fully saturated rings. The second-order valence-corrected chi connectivity index (χ2v) is 17.6. The first-order chi connectivity index (χ1) is 26.9. The van der Waals surface area contributed by atoms with Gasteiger partial charge in [-0.15, -0.1) is 0 Å². The summed E-state index contributed by atoms with van der Waals surface area (Å²) in [6, 6.07) is 52.7. The molecule has 0 spiro atoms. The van der Waals surface area contributed by atoms with E-state index in [0.29, 0.717) is 9.18 Å². The SMILES string of the molecule is Cc1cccc([N@+]23[CH-][N+]2(c2cccc(Oc4ccc5c6ccc(C(C)(C)C)cc6n(-c6cc(C(C)(C)C)ccn6)c5c4)c2)c2ccccc23)c1-c1ccccc1. The van der Waals surface area contributed by atoms with E-state index in [0.717, 1.165) is 34.0 Å². The molecule has 56 heavy (non-hydrogen) atoms. The van der Waals surface area contributed by atoms with Crippen molar-refractivity contribution in [2.45, 2.75) is 59.3 Å². The molecule has 0 N–H and O–H groups in total. The van der Waals surface area contributed by atoms with Crippen LogP contribution in [0.2, 0.25) is 0 Å². The lowest BCUT2D eigenvalue weighted by Crippen LogP contribution is -2.46. The normalized spacial score (nSPS) is 18.7. The summed E-state index contributed by atoms with van der Waals surface area (Å²) < 4.78 is 10.4. The highest BCUT2D eigenvalue weighted by Gasteiger charge is 2.78. The van der Waals surface area contributed by atoms with Gasteiger partial charge in [-0.3, -0.25) is 4.57 Å². The third-order valence-corrected chi connectivity index (χ3v) is 12.0. The van der Waals surface area contributed by atoms with E-state index in [-0.39, 0.29) is 10.8 Å². The topological polar surface area (TPSA) is 27.1 Å². The molecule has 8 aromatic rings. The number of para-hydroxylation sites is 2. The van der Waals surface area contributed by atoms with Crippen LogP contribution < -0.4 is 13.9 Å². The Morgan fingerprint density at radius 1 is 0.554 bits per heavy atom. The van der Waals surface area contributed by atoms with E-state index < -0.39 is 0 Å². The minimum atomic E-state index is -0.0109. The van der Waals surface area contributed by atoms with E-state index in [9.17, 15) is 0 Å². The monoisotopic (exact) mass is 731 g/mol. The molecule has 6 aromatic carbocycles. The summed E-state index contributed by atoms with van der Waals surface area (Å²) in [6.45, 7) is 18.2. The van der Waals surface area contributed by atoms with Crippen molar-refractivity contribution in [3.05, 3.63) is 175 Å². The molecule has 4 heterocycles. The van der Waals surface area contributed by atoms with Gasteiger partial charge in [-0.1, -0.05) is 114 Å². The molecular weight excluding hydrogens is 685 g/mol. The van der Waals surface area contributed by atoms with Crippen LogP contribution in [0.4, 0.5) is 22.7 Å². The highest BCUT2D eigenvalue weighted by Crippen LogP contribution is 2.76. The Hall–Kier alpha value is -6.01. The Bertz CT molecular complexity index is 2860. The van der Waals surface area contributed by atoms with Crippen LogP contribution in [-0.2, 0) is 10.8 Å². The van der Waals surface area contributed by atoms with Gasteiger partial charge in [-0.25, -0.2) is 4.98 Å². The van der Waals surface area contributed by atoms with Gasteiger partial charge in [0.25, 0.3) is 0 Å². The van der Waals surface area contributed by atoms with E-state index in [1.54, 1.807) is 0 Å². The Morgan fingerprint density at radius 2 is 1.18 bits per heavy atom. The zero-order valence-corrected chi connectivity index (χ0v) is 33.2. The smallest absolute Gasteiger partial charge is 0.225 e. The lowest BCUT2D eigenvalue weighted by Gasteiger charge is -2.40. The van der Waals surface area contributed by atoms with Crippen LogP contribution in [-0.4, -0.2) is 9.55 Å². The van der Waals surface area contributed by atoms with Crippen molar-refractivity contribution in [1.29, 1.82) is 0 Å². The first kappa shape index (κ1) is 34.5. The summed E-state index contributed by atoms with van der Waals surface area (Å²) in [4.78, 5) is 4.96. The molecule has 0 bridgehead atoms. The molecular formula is C51H47N4O+. The molecule has 0 aliphatic carbocycles. The van der Waals surface area contributed by atoms with Crippen LogP contribution in [0.5, 0.6) is 11.5 Å². The highest BCUT2D eigenvalue weighted by atomic mass is 16.5. The maximum Gasteiger partial charge on any atom is 0.225 e. The number of aryl methyl sites for hydroxylation is 1. The standard InChI is InChI=1S/C51H47N4O/c1-34-15-13-22-47(49(34)35-16-9-8-10-17-35)55-33-54(55,45-20-11-12-21-46(45)55)38-18-14-19-39(31-38)56-40-24-26-42-41-25-23-36(50(2,3)4)29-43(41)53(44(42)32-40)48-30-37(27-28-52-48)51(5,6)7/h8-33H,1-7H3/q+1/t54?,55-/m1/s1. The molecule has 0 amide bonds. The van der Waals surface area contributed by atoms with Gasteiger partial charge in [0, 0.05) is 58.9 Å². The molecule has 1 unspecified atom stereocenters. The Balaban J connectivity index is 1.08. The fourth-order valence-corrected chi connectivity index (χ4v) is 9.02. The number of hydrogen-bond acceptors (Lipinski definition) is 2. The first-order valence-electron chi connectivity index (χ1n) is 19.7. The fraction of sp³-hybridized carbons (Fsp3) is 0.176. The van der Waals surface area contributed by atoms with Gasteiger partial charge in [0.1, 0.15) is 17.3 Å². The average Bonchev–Trinajstić information content (AvgIpc) is 3.68. The minimum Gasteiger partial charge on any atom is -0.457 e. The first-order valence-corrected chi connectivity index (χ1v) is 19.7. The quantitative estimate of drug-likeness (QED) is 0.0967. The van der Waals surface area contributed by atoms with E-state index in [1.165, 1.54) is 55.7 Å². The van der Waals surface area contributed by atoms with Crippen LogP contribution in [0.1, 0.15) is 58.2 Å². The number of benzene rings is 6. The van der Waals surface area contributed by atoms with Crippen LogP contribution in [0.3, 0.4) is 0 Å². The van der Waals surface area contributed by atoms with Crippen molar-refractivity contribution in [1.82, 2.24) is 18.7 Å². The third-order valence-electron chi connectivity index (χ3n) is 12.0. The van der Waals surface area contributed by atoms with Gasteiger partial charge in [0.05, 0.1) is 11.0 Å². The lowest BCUT2D eigenvalue weighted by atomic mass is 9.86. The summed E-state index contributed by atoms with van der Waals surface area (Å²) >= 11 is 0.